The molecule has 0 aromatic carbocycles. The van der Waals surface area contributed by atoms with Crippen molar-refractivity contribution < 1.29 is 62.5 Å². The fourth-order valence-corrected chi connectivity index (χ4v) is 8.72. The van der Waals surface area contributed by atoms with Crippen molar-refractivity contribution in [3.05, 3.63) is 0 Å². The predicted octanol–water partition coefficient (Wildman–Crippen LogP) is 1.63. The second-order valence-corrected chi connectivity index (χ2v) is 13.7. The first-order valence-corrected chi connectivity index (χ1v) is 15.6. The predicted molar refractivity (Wildman–Crippen MR) is 148 cm³/mol. The zero-order chi connectivity index (χ0) is 32.4. The molecule has 1 spiro atoms. The largest absolute Gasteiger partial charge is 0.465 e. The summed E-state index contributed by atoms with van der Waals surface area (Å²) in [6, 6.07) is 0. The van der Waals surface area contributed by atoms with Crippen LogP contribution in [0.5, 0.6) is 0 Å². The minimum absolute atomic E-state index is 0.0119. The Balaban J connectivity index is 1.56. The standard InChI is InChI=1S/C31H46O13/c1-14-8-24(41-19(6)34)30(12-38-17(4)32)22(29(14,7)23-9-20-10-25(36)43-28(20)42-23)11-21(35)26(31(30)13-39-31)44-27(37)15(2)16(3)40-18(5)33/h14-16,20-26,28,35-36H,8-13H2,1-7H3. The summed E-state index contributed by atoms with van der Waals surface area (Å²) in [4.78, 5) is 49.8. The van der Waals surface area contributed by atoms with Crippen LogP contribution in [0.1, 0.15) is 74.1 Å². The maximum atomic E-state index is 13.4. The normalized spacial score (nSPS) is 45.4. The number of rotatable bonds is 8. The highest BCUT2D eigenvalue weighted by molar-refractivity contribution is 5.74. The number of ether oxygens (including phenoxy) is 7. The lowest BCUT2D eigenvalue weighted by atomic mass is 9.41. The first kappa shape index (κ1) is 33.1. The summed E-state index contributed by atoms with van der Waals surface area (Å²) in [5.74, 6) is -3.76. The van der Waals surface area contributed by atoms with E-state index in [4.69, 9.17) is 33.2 Å². The highest BCUT2D eigenvalue weighted by Crippen LogP contribution is 2.70. The molecule has 14 atom stereocenters. The van der Waals surface area contributed by atoms with Crippen LogP contribution in [0.25, 0.3) is 0 Å². The van der Waals surface area contributed by atoms with Crippen LogP contribution in [0.15, 0.2) is 0 Å². The van der Waals surface area contributed by atoms with Crippen molar-refractivity contribution in [1.29, 1.82) is 0 Å². The monoisotopic (exact) mass is 626 g/mol. The van der Waals surface area contributed by atoms with E-state index < -0.39 is 89.1 Å². The highest BCUT2D eigenvalue weighted by atomic mass is 16.7. The molecule has 2 saturated carbocycles. The lowest BCUT2D eigenvalue weighted by Gasteiger charge is -2.65. The van der Waals surface area contributed by atoms with Crippen molar-refractivity contribution >= 4 is 23.9 Å². The number of hydrogen-bond acceptors (Lipinski definition) is 13. The Hall–Kier alpha value is -2.32. The van der Waals surface area contributed by atoms with Gasteiger partial charge in [-0.15, -0.1) is 0 Å². The summed E-state index contributed by atoms with van der Waals surface area (Å²) in [7, 11) is 0. The molecular weight excluding hydrogens is 580 g/mol. The van der Waals surface area contributed by atoms with Crippen LogP contribution in [0, 0.1) is 34.5 Å². The summed E-state index contributed by atoms with van der Waals surface area (Å²) in [6.07, 6.45) is -4.25. The smallest absolute Gasteiger partial charge is 0.312 e. The van der Waals surface area contributed by atoms with Crippen molar-refractivity contribution in [2.45, 2.75) is 123 Å². The van der Waals surface area contributed by atoms with Crippen LogP contribution in [0.3, 0.4) is 0 Å². The van der Waals surface area contributed by atoms with E-state index in [-0.39, 0.29) is 37.6 Å². The molecule has 3 aliphatic heterocycles. The third-order valence-corrected chi connectivity index (χ3v) is 11.3. The van der Waals surface area contributed by atoms with Gasteiger partial charge in [0.15, 0.2) is 18.7 Å². The Labute approximate surface area is 257 Å². The third kappa shape index (κ3) is 5.32. The Morgan fingerprint density at radius 2 is 1.61 bits per heavy atom. The number of esters is 4. The number of aliphatic hydroxyl groups excluding tert-OH is 2. The van der Waals surface area contributed by atoms with Crippen molar-refractivity contribution in [2.24, 2.45) is 34.5 Å². The quantitative estimate of drug-likeness (QED) is 0.226. The van der Waals surface area contributed by atoms with Crippen LogP contribution in [0.4, 0.5) is 0 Å². The number of epoxide rings is 1. The van der Waals surface area contributed by atoms with Crippen LogP contribution in [-0.2, 0) is 52.3 Å². The number of fused-ring (bicyclic) bond motifs is 3. The topological polar surface area (TPSA) is 177 Å². The van der Waals surface area contributed by atoms with Gasteiger partial charge in [-0.3, -0.25) is 19.2 Å². The molecule has 5 aliphatic rings. The first-order chi connectivity index (χ1) is 20.6. The highest BCUT2D eigenvalue weighted by Gasteiger charge is 2.81. The van der Waals surface area contributed by atoms with Gasteiger partial charge in [-0.2, -0.15) is 0 Å². The van der Waals surface area contributed by atoms with E-state index in [0.29, 0.717) is 19.3 Å². The first-order valence-electron chi connectivity index (χ1n) is 15.6. The summed E-state index contributed by atoms with van der Waals surface area (Å²) >= 11 is 0. The van der Waals surface area contributed by atoms with E-state index in [2.05, 4.69) is 13.8 Å². The van der Waals surface area contributed by atoms with Gasteiger partial charge in [0.1, 0.15) is 24.4 Å². The van der Waals surface area contributed by atoms with Gasteiger partial charge in [-0.1, -0.05) is 13.8 Å². The summed E-state index contributed by atoms with van der Waals surface area (Å²) in [6.45, 7) is 11.0. The van der Waals surface area contributed by atoms with Crippen LogP contribution >= 0.6 is 0 Å². The molecule has 3 saturated heterocycles. The van der Waals surface area contributed by atoms with Crippen molar-refractivity contribution in [2.75, 3.05) is 13.2 Å². The summed E-state index contributed by atoms with van der Waals surface area (Å²) in [5.41, 5.74) is -3.24. The Kier molecular flexibility index (Phi) is 8.86. The lowest BCUT2D eigenvalue weighted by molar-refractivity contribution is -0.289. The third-order valence-electron chi connectivity index (χ3n) is 11.3. The molecule has 5 rings (SSSR count). The molecule has 3 heterocycles. The van der Waals surface area contributed by atoms with Gasteiger partial charge < -0.3 is 43.4 Å². The fraction of sp³-hybridized carbons (Fsp3) is 0.871. The maximum Gasteiger partial charge on any atom is 0.312 e. The lowest BCUT2D eigenvalue weighted by Crippen LogP contribution is -2.74. The van der Waals surface area contributed by atoms with E-state index >= 15 is 0 Å². The summed E-state index contributed by atoms with van der Waals surface area (Å²) < 4.78 is 41.3. The number of carbonyl (C=O) groups is 4. The molecule has 13 heteroatoms. The van der Waals surface area contributed by atoms with E-state index in [1.807, 2.05) is 0 Å². The van der Waals surface area contributed by atoms with Gasteiger partial charge in [-0.25, -0.2) is 0 Å². The van der Waals surface area contributed by atoms with E-state index in [0.717, 1.165) is 0 Å². The second-order valence-electron chi connectivity index (χ2n) is 13.7. The van der Waals surface area contributed by atoms with Crippen LogP contribution < -0.4 is 0 Å². The minimum atomic E-state index is -1.35. The average Bonchev–Trinajstić information content (AvgIpc) is 3.50. The molecule has 13 nitrogen and oxygen atoms in total. The van der Waals surface area contributed by atoms with Crippen LogP contribution in [0.2, 0.25) is 0 Å². The molecule has 44 heavy (non-hydrogen) atoms. The zero-order valence-electron chi connectivity index (χ0n) is 26.5. The Morgan fingerprint density at radius 3 is 2.18 bits per heavy atom. The Morgan fingerprint density at radius 1 is 0.932 bits per heavy atom. The van der Waals surface area contributed by atoms with Gasteiger partial charge in [0.25, 0.3) is 0 Å². The van der Waals surface area contributed by atoms with Crippen LogP contribution in [-0.4, -0.2) is 96.0 Å². The van der Waals surface area contributed by atoms with Gasteiger partial charge >= 0.3 is 23.9 Å². The zero-order valence-corrected chi connectivity index (χ0v) is 26.5. The second kappa shape index (κ2) is 11.8. The molecule has 0 amide bonds. The van der Waals surface area contributed by atoms with E-state index in [1.54, 1.807) is 13.8 Å². The SMILES string of the molecule is CC(=O)OCC12C(OC(C)=O)CC(C)C(C)(C3CC4CC(O)OC4O3)C1CC(O)C(OC(=O)C(C)C(C)OC(C)=O)C21CO1. The van der Waals surface area contributed by atoms with Crippen molar-refractivity contribution in [1.82, 2.24) is 0 Å². The van der Waals surface area contributed by atoms with Gasteiger partial charge in [0.2, 0.25) is 0 Å². The molecule has 0 aromatic heterocycles. The van der Waals surface area contributed by atoms with Crippen molar-refractivity contribution in [3.8, 4) is 0 Å². The molecule has 0 bridgehead atoms. The maximum absolute atomic E-state index is 13.4. The average molecular weight is 627 g/mol. The number of carbonyl (C=O) groups excluding carboxylic acids is 4. The number of aliphatic hydroxyl groups is 2. The molecule has 14 unspecified atom stereocenters. The minimum Gasteiger partial charge on any atom is -0.465 e. The van der Waals surface area contributed by atoms with Gasteiger partial charge in [0.05, 0.1) is 30.1 Å². The molecule has 5 fully saturated rings. The molecule has 2 aliphatic carbocycles. The fourth-order valence-electron chi connectivity index (χ4n) is 8.72. The van der Waals surface area contributed by atoms with Gasteiger partial charge in [-0.05, 0) is 44.9 Å². The van der Waals surface area contributed by atoms with E-state index in [9.17, 15) is 29.4 Å². The molecular formula is C31H46O13. The molecule has 248 valence electrons. The molecule has 2 N–H and O–H groups in total. The molecule has 0 aromatic rings. The van der Waals surface area contributed by atoms with Gasteiger partial charge in [0, 0.05) is 38.5 Å². The molecule has 0 radical (unpaired) electrons. The van der Waals surface area contributed by atoms with E-state index in [1.165, 1.54) is 20.8 Å². The summed E-state index contributed by atoms with van der Waals surface area (Å²) in [5, 5.41) is 21.8. The number of hydrogen-bond donors (Lipinski definition) is 2. The van der Waals surface area contributed by atoms with Crippen molar-refractivity contribution in [3.63, 3.8) is 0 Å². The Bertz CT molecular complexity index is 1140.